The molecule has 0 aliphatic rings. The molecule has 0 aromatic heterocycles. The molecule has 0 bridgehead atoms. The maximum atomic E-state index is 11.7. The zero-order valence-electron chi connectivity index (χ0n) is 16.2. The van der Waals surface area contributed by atoms with Crippen molar-refractivity contribution in [3.8, 4) is 0 Å². The Balaban J connectivity index is 3.07. The molecule has 1 aromatic carbocycles. The zero-order chi connectivity index (χ0) is 18.4. The van der Waals surface area contributed by atoms with Gasteiger partial charge in [-0.25, -0.2) is 0 Å². The Morgan fingerprint density at radius 3 is 2.29 bits per heavy atom. The fourth-order valence-electron chi connectivity index (χ4n) is 2.02. The summed E-state index contributed by atoms with van der Waals surface area (Å²) in [5.74, 6) is 0.768. The Kier molecular flexibility index (Phi) is 7.27. The molecule has 0 aliphatic heterocycles. The molecule has 1 rings (SSSR count). The molecule has 0 spiro atoms. The smallest absolute Gasteiger partial charge is 0.306 e. The van der Waals surface area contributed by atoms with E-state index >= 15 is 0 Å². The molecule has 0 aliphatic carbocycles. The number of hydrogen-bond donors (Lipinski definition) is 0. The van der Waals surface area contributed by atoms with Crippen LogP contribution in [0.15, 0.2) is 36.4 Å². The van der Waals surface area contributed by atoms with Crippen LogP contribution in [0.4, 0.5) is 0 Å². The van der Waals surface area contributed by atoms with Gasteiger partial charge in [-0.05, 0) is 37.0 Å². The highest BCUT2D eigenvalue weighted by Crippen LogP contribution is 2.39. The SMILES string of the molecule is CCOC(=O)CC(C)/C=C(/O[Si](C)(C)C(C)(C)C)c1ccccc1. The van der Waals surface area contributed by atoms with Gasteiger partial charge >= 0.3 is 5.97 Å². The first-order chi connectivity index (χ1) is 11.1. The van der Waals surface area contributed by atoms with Gasteiger partial charge in [0.2, 0.25) is 8.32 Å². The van der Waals surface area contributed by atoms with Crippen LogP contribution in [-0.2, 0) is 14.0 Å². The average molecular weight is 349 g/mol. The van der Waals surface area contributed by atoms with Gasteiger partial charge in [0.05, 0.1) is 13.0 Å². The molecule has 24 heavy (non-hydrogen) atoms. The van der Waals surface area contributed by atoms with Gasteiger partial charge in [-0.15, -0.1) is 0 Å². The van der Waals surface area contributed by atoms with Gasteiger partial charge in [-0.3, -0.25) is 4.79 Å². The summed E-state index contributed by atoms with van der Waals surface area (Å²) in [6.07, 6.45) is 2.43. The van der Waals surface area contributed by atoms with Gasteiger partial charge in [-0.1, -0.05) is 58.0 Å². The van der Waals surface area contributed by atoms with Gasteiger partial charge in [0.15, 0.2) is 0 Å². The molecule has 0 saturated carbocycles. The van der Waals surface area contributed by atoms with Gasteiger partial charge in [-0.2, -0.15) is 0 Å². The van der Waals surface area contributed by atoms with Gasteiger partial charge < -0.3 is 9.16 Å². The average Bonchev–Trinajstić information content (AvgIpc) is 2.46. The van der Waals surface area contributed by atoms with Crippen LogP contribution >= 0.6 is 0 Å². The minimum absolute atomic E-state index is 0.0593. The van der Waals surface area contributed by atoms with E-state index < -0.39 is 8.32 Å². The summed E-state index contributed by atoms with van der Waals surface area (Å²) in [5.41, 5.74) is 1.05. The predicted molar refractivity (Wildman–Crippen MR) is 103 cm³/mol. The fourth-order valence-corrected chi connectivity index (χ4v) is 3.06. The molecule has 0 fully saturated rings. The molecular weight excluding hydrogens is 316 g/mol. The van der Waals surface area contributed by atoms with Gasteiger partial charge in [0.1, 0.15) is 5.76 Å². The van der Waals surface area contributed by atoms with Crippen molar-refractivity contribution in [2.75, 3.05) is 6.61 Å². The van der Waals surface area contributed by atoms with Crippen molar-refractivity contribution in [3.63, 3.8) is 0 Å². The Morgan fingerprint density at radius 2 is 1.79 bits per heavy atom. The third-order valence-corrected chi connectivity index (χ3v) is 8.80. The normalized spacial score (nSPS) is 14.2. The van der Waals surface area contributed by atoms with E-state index in [0.717, 1.165) is 11.3 Å². The zero-order valence-corrected chi connectivity index (χ0v) is 17.2. The van der Waals surface area contributed by atoms with Crippen molar-refractivity contribution in [2.24, 2.45) is 5.92 Å². The molecule has 1 atom stereocenters. The van der Waals surface area contributed by atoms with E-state index in [1.807, 2.05) is 32.0 Å². The summed E-state index contributed by atoms with van der Waals surface area (Å²) in [7, 11) is -1.96. The lowest BCUT2D eigenvalue weighted by atomic mass is 10.0. The van der Waals surface area contributed by atoms with E-state index in [0.29, 0.717) is 13.0 Å². The Morgan fingerprint density at radius 1 is 1.21 bits per heavy atom. The number of allylic oxidation sites excluding steroid dienone is 1. The van der Waals surface area contributed by atoms with Crippen molar-refractivity contribution >= 4 is 20.0 Å². The van der Waals surface area contributed by atoms with Gasteiger partial charge in [0.25, 0.3) is 0 Å². The number of esters is 1. The number of rotatable bonds is 7. The minimum atomic E-state index is -1.96. The van der Waals surface area contributed by atoms with Crippen LogP contribution in [0.5, 0.6) is 0 Å². The summed E-state index contributed by atoms with van der Waals surface area (Å²) in [6, 6.07) is 10.1. The largest absolute Gasteiger partial charge is 0.543 e. The maximum absolute atomic E-state index is 11.7. The van der Waals surface area contributed by atoms with Crippen molar-refractivity contribution in [1.82, 2.24) is 0 Å². The summed E-state index contributed by atoms with van der Waals surface area (Å²) in [6.45, 7) is 15.4. The van der Waals surface area contributed by atoms with Crippen LogP contribution in [0.2, 0.25) is 18.1 Å². The number of hydrogen-bond acceptors (Lipinski definition) is 3. The number of benzene rings is 1. The van der Waals surface area contributed by atoms with Crippen LogP contribution in [0.25, 0.3) is 5.76 Å². The van der Waals surface area contributed by atoms with Crippen LogP contribution in [0.3, 0.4) is 0 Å². The maximum Gasteiger partial charge on any atom is 0.306 e. The van der Waals surface area contributed by atoms with Crippen molar-refractivity contribution in [3.05, 3.63) is 42.0 Å². The second-order valence-electron chi connectivity index (χ2n) is 7.75. The molecule has 1 unspecified atom stereocenters. The lowest BCUT2D eigenvalue weighted by Crippen LogP contribution is -2.40. The standard InChI is InChI=1S/C20H32O3Si/c1-8-22-19(21)15-16(2)14-18(17-12-10-9-11-13-17)23-24(6,7)20(3,4)5/h9-14,16H,8,15H2,1-7H3/b18-14+. The van der Waals surface area contributed by atoms with Crippen LogP contribution in [0.1, 0.15) is 46.6 Å². The Hall–Kier alpha value is -1.55. The van der Waals surface area contributed by atoms with Crippen LogP contribution < -0.4 is 0 Å². The fraction of sp³-hybridized carbons (Fsp3) is 0.550. The first kappa shape index (κ1) is 20.5. The molecule has 4 heteroatoms. The van der Waals surface area contributed by atoms with Crippen molar-refractivity contribution in [2.45, 2.75) is 59.2 Å². The lowest BCUT2D eigenvalue weighted by Gasteiger charge is -2.37. The molecule has 1 aromatic rings. The van der Waals surface area contributed by atoms with Crippen LogP contribution in [-0.4, -0.2) is 20.9 Å². The van der Waals surface area contributed by atoms with Crippen molar-refractivity contribution in [1.29, 1.82) is 0 Å². The summed E-state index contributed by atoms with van der Waals surface area (Å²) < 4.78 is 11.6. The molecular formula is C20H32O3Si. The first-order valence-corrected chi connectivity index (χ1v) is 11.6. The molecule has 0 heterocycles. The summed E-state index contributed by atoms with van der Waals surface area (Å²) in [4.78, 5) is 11.7. The molecule has 3 nitrogen and oxygen atoms in total. The van der Waals surface area contributed by atoms with Crippen molar-refractivity contribution < 1.29 is 14.0 Å². The highest BCUT2D eigenvalue weighted by Gasteiger charge is 2.39. The van der Waals surface area contributed by atoms with Gasteiger partial charge in [0, 0.05) is 5.56 Å². The second-order valence-corrected chi connectivity index (χ2v) is 12.5. The molecule has 0 N–H and O–H groups in total. The van der Waals surface area contributed by atoms with E-state index in [2.05, 4.69) is 52.1 Å². The lowest BCUT2D eigenvalue weighted by molar-refractivity contribution is -0.143. The first-order valence-electron chi connectivity index (χ1n) is 8.68. The molecule has 134 valence electrons. The van der Waals surface area contributed by atoms with E-state index in [4.69, 9.17) is 9.16 Å². The summed E-state index contributed by atoms with van der Waals surface area (Å²) in [5, 5.41) is 0.116. The third kappa shape index (κ3) is 6.15. The number of ether oxygens (including phenoxy) is 1. The monoisotopic (exact) mass is 348 g/mol. The topological polar surface area (TPSA) is 35.5 Å². The predicted octanol–water partition coefficient (Wildman–Crippen LogP) is 5.64. The molecule has 0 radical (unpaired) electrons. The molecule has 0 amide bonds. The third-order valence-electron chi connectivity index (χ3n) is 4.46. The molecule has 0 saturated heterocycles. The van der Waals surface area contributed by atoms with Crippen LogP contribution in [0, 0.1) is 5.92 Å². The van der Waals surface area contributed by atoms with E-state index in [-0.39, 0.29) is 16.9 Å². The van der Waals surface area contributed by atoms with E-state index in [1.54, 1.807) is 0 Å². The number of carbonyl (C=O) groups is 1. The second kappa shape index (κ2) is 8.52. The minimum Gasteiger partial charge on any atom is -0.543 e. The number of carbonyl (C=O) groups excluding carboxylic acids is 1. The Labute approximate surface area is 148 Å². The summed E-state index contributed by atoms with van der Waals surface area (Å²) >= 11 is 0. The quantitative estimate of drug-likeness (QED) is 0.363. The Bertz CT molecular complexity index is 556. The van der Waals surface area contributed by atoms with E-state index in [1.165, 1.54) is 0 Å². The van der Waals surface area contributed by atoms with E-state index in [9.17, 15) is 4.79 Å². The highest BCUT2D eigenvalue weighted by atomic mass is 28.4. The highest BCUT2D eigenvalue weighted by molar-refractivity contribution is 6.74.